The van der Waals surface area contributed by atoms with Gasteiger partial charge in [0, 0.05) is 6.07 Å². The molecule has 0 amide bonds. The second kappa shape index (κ2) is 6.17. The van der Waals surface area contributed by atoms with Crippen molar-refractivity contribution in [2.45, 2.75) is 0 Å². The van der Waals surface area contributed by atoms with E-state index in [1.807, 2.05) is 0 Å². The molecule has 0 atom stereocenters. The molecule has 0 bridgehead atoms. The van der Waals surface area contributed by atoms with E-state index >= 15 is 0 Å². The molecule has 0 saturated heterocycles. The van der Waals surface area contributed by atoms with Crippen LogP contribution in [0.15, 0.2) is 18.2 Å². The standard InChI is InChI=1S/C6H3ClN2O4.HNO3/c7-4-2-1-3-5(8(10)11)6(4)9(12)13;2-1(3)4/h1-3H;(H,2,3,4). The second-order valence-corrected chi connectivity index (χ2v) is 2.77. The maximum Gasteiger partial charge on any atom is 0.364 e. The molecule has 0 fully saturated rings. The Kier molecular flexibility index (Phi) is 5.27. The third-order valence-electron chi connectivity index (χ3n) is 1.34. The molecule has 1 N–H and O–H groups in total. The van der Waals surface area contributed by atoms with Crippen molar-refractivity contribution in [3.8, 4) is 0 Å². The number of benzene rings is 1. The number of para-hydroxylation sites is 1. The molecule has 0 aromatic heterocycles. The van der Waals surface area contributed by atoms with Crippen LogP contribution in [0.1, 0.15) is 0 Å². The number of nitrogens with zero attached hydrogens (tertiary/aromatic N) is 3. The highest BCUT2D eigenvalue weighted by Crippen LogP contribution is 2.33. The summed E-state index contributed by atoms with van der Waals surface area (Å²) in [5.74, 6) is 0. The van der Waals surface area contributed by atoms with Crippen molar-refractivity contribution in [3.63, 3.8) is 0 Å². The molecule has 17 heavy (non-hydrogen) atoms. The first-order valence-corrected chi connectivity index (χ1v) is 4.05. The Bertz CT molecular complexity index is 459. The lowest BCUT2D eigenvalue weighted by molar-refractivity contribution is -0.742. The maximum absolute atomic E-state index is 10.4. The Morgan fingerprint density at radius 1 is 1.06 bits per heavy atom. The van der Waals surface area contributed by atoms with Crippen molar-refractivity contribution < 1.29 is 20.1 Å². The predicted octanol–water partition coefficient (Wildman–Crippen LogP) is 1.81. The minimum atomic E-state index is -1.50. The first-order valence-electron chi connectivity index (χ1n) is 3.68. The molecule has 0 aliphatic carbocycles. The minimum absolute atomic E-state index is 0.237. The fraction of sp³-hybridized carbons (Fsp3) is 0. The average molecular weight is 266 g/mol. The third kappa shape index (κ3) is 4.70. The van der Waals surface area contributed by atoms with Crippen molar-refractivity contribution in [1.82, 2.24) is 0 Å². The zero-order valence-electron chi connectivity index (χ0n) is 7.85. The predicted molar refractivity (Wildman–Crippen MR) is 53.5 cm³/mol. The van der Waals surface area contributed by atoms with Crippen molar-refractivity contribution >= 4 is 23.0 Å². The Labute approximate surface area is 97.4 Å². The van der Waals surface area contributed by atoms with Gasteiger partial charge >= 0.3 is 11.4 Å². The van der Waals surface area contributed by atoms with Crippen LogP contribution < -0.4 is 0 Å². The van der Waals surface area contributed by atoms with Crippen molar-refractivity contribution in [2.24, 2.45) is 0 Å². The second-order valence-electron chi connectivity index (χ2n) is 2.36. The van der Waals surface area contributed by atoms with E-state index in [0.717, 1.165) is 6.07 Å². The van der Waals surface area contributed by atoms with Crippen LogP contribution in [0.25, 0.3) is 0 Å². The van der Waals surface area contributed by atoms with Crippen molar-refractivity contribution in [3.05, 3.63) is 53.6 Å². The number of nitro groups is 2. The quantitative estimate of drug-likeness (QED) is 0.632. The smallest absolute Gasteiger partial charge is 0.328 e. The van der Waals surface area contributed by atoms with Gasteiger partial charge in [0.2, 0.25) is 0 Å². The summed E-state index contributed by atoms with van der Waals surface area (Å²) >= 11 is 5.42. The molecule has 0 unspecified atom stereocenters. The minimum Gasteiger partial charge on any atom is -0.328 e. The normalized spacial score (nSPS) is 8.76. The number of halogens is 1. The first-order chi connectivity index (χ1) is 7.77. The van der Waals surface area contributed by atoms with Gasteiger partial charge in [0.15, 0.2) is 0 Å². The van der Waals surface area contributed by atoms with Gasteiger partial charge in [-0.15, -0.1) is 10.1 Å². The fourth-order valence-electron chi connectivity index (χ4n) is 0.832. The van der Waals surface area contributed by atoms with Gasteiger partial charge in [-0.2, -0.15) is 0 Å². The SMILES string of the molecule is O=[N+]([O-])O.O=[N+]([O-])c1cccc(Cl)c1[N+](=O)[O-]. The molecule has 1 aromatic rings. The van der Waals surface area contributed by atoms with Gasteiger partial charge in [-0.05, 0) is 6.07 Å². The zero-order chi connectivity index (χ0) is 13.6. The highest BCUT2D eigenvalue weighted by molar-refractivity contribution is 6.33. The van der Waals surface area contributed by atoms with Gasteiger partial charge in [0.25, 0.3) is 5.09 Å². The number of nitro benzene ring substituents is 2. The summed E-state index contributed by atoms with van der Waals surface area (Å²) in [4.78, 5) is 27.3. The van der Waals surface area contributed by atoms with Crippen molar-refractivity contribution in [1.29, 1.82) is 0 Å². The summed E-state index contributed by atoms with van der Waals surface area (Å²) in [6.45, 7) is 0. The molecule has 1 rings (SSSR count). The fourth-order valence-corrected chi connectivity index (χ4v) is 1.07. The van der Waals surface area contributed by atoms with Crippen LogP contribution in [0, 0.1) is 30.3 Å². The van der Waals surface area contributed by atoms with E-state index in [-0.39, 0.29) is 5.02 Å². The number of rotatable bonds is 2. The summed E-state index contributed by atoms with van der Waals surface area (Å²) in [6.07, 6.45) is 0. The summed E-state index contributed by atoms with van der Waals surface area (Å²) in [5, 5.41) is 34.1. The Hall–Kier alpha value is -2.49. The average Bonchev–Trinajstić information content (AvgIpc) is 2.15. The summed E-state index contributed by atoms with van der Waals surface area (Å²) in [7, 11) is 0. The lowest BCUT2D eigenvalue weighted by atomic mass is 10.3. The molecule has 0 radical (unpaired) electrons. The molecule has 11 heteroatoms. The topological polar surface area (TPSA) is 150 Å². The van der Waals surface area contributed by atoms with Crippen LogP contribution in [0.2, 0.25) is 5.02 Å². The molecule has 0 heterocycles. The van der Waals surface area contributed by atoms with Gasteiger partial charge in [-0.3, -0.25) is 20.2 Å². The van der Waals surface area contributed by atoms with Gasteiger partial charge in [-0.25, -0.2) is 0 Å². The van der Waals surface area contributed by atoms with Gasteiger partial charge in [0.05, 0.1) is 9.85 Å². The summed E-state index contributed by atoms with van der Waals surface area (Å²) < 4.78 is 0. The Balaban J connectivity index is 0.000000557. The van der Waals surface area contributed by atoms with E-state index in [1.54, 1.807) is 0 Å². The summed E-state index contributed by atoms with van der Waals surface area (Å²) in [6, 6.07) is 3.55. The molecule has 0 saturated carbocycles. The molecule has 0 aliphatic heterocycles. The van der Waals surface area contributed by atoms with E-state index in [0.29, 0.717) is 0 Å². The Morgan fingerprint density at radius 3 is 1.82 bits per heavy atom. The first kappa shape index (κ1) is 14.5. The van der Waals surface area contributed by atoms with Gasteiger partial charge < -0.3 is 5.21 Å². The monoisotopic (exact) mass is 265 g/mol. The number of hydrogen-bond donors (Lipinski definition) is 1. The Morgan fingerprint density at radius 2 is 1.53 bits per heavy atom. The van der Waals surface area contributed by atoms with E-state index in [9.17, 15) is 20.2 Å². The zero-order valence-corrected chi connectivity index (χ0v) is 8.60. The molecule has 92 valence electrons. The number of hydrogen-bond acceptors (Lipinski definition) is 6. The highest BCUT2D eigenvalue weighted by atomic mass is 35.5. The summed E-state index contributed by atoms with van der Waals surface area (Å²) in [5.41, 5.74) is -1.27. The van der Waals surface area contributed by atoms with Crippen molar-refractivity contribution in [2.75, 3.05) is 0 Å². The molecular formula is C6H4ClN3O7. The van der Waals surface area contributed by atoms with Gasteiger partial charge in [-0.1, -0.05) is 17.7 Å². The maximum atomic E-state index is 10.4. The van der Waals surface area contributed by atoms with Crippen LogP contribution in [0.4, 0.5) is 11.4 Å². The van der Waals surface area contributed by atoms with Crippen LogP contribution >= 0.6 is 11.6 Å². The van der Waals surface area contributed by atoms with Crippen LogP contribution in [-0.2, 0) is 0 Å². The highest BCUT2D eigenvalue weighted by Gasteiger charge is 2.26. The molecule has 10 nitrogen and oxygen atoms in total. The van der Waals surface area contributed by atoms with Crippen LogP contribution in [0.5, 0.6) is 0 Å². The van der Waals surface area contributed by atoms with Crippen LogP contribution in [0.3, 0.4) is 0 Å². The largest absolute Gasteiger partial charge is 0.364 e. The van der Waals surface area contributed by atoms with Crippen LogP contribution in [-0.4, -0.2) is 20.1 Å². The molecule has 0 aliphatic rings. The lowest BCUT2D eigenvalue weighted by Crippen LogP contribution is -1.96. The third-order valence-corrected chi connectivity index (χ3v) is 1.65. The van der Waals surface area contributed by atoms with E-state index in [1.165, 1.54) is 12.1 Å². The van der Waals surface area contributed by atoms with E-state index in [4.69, 9.17) is 26.9 Å². The molecule has 0 spiro atoms. The molecular weight excluding hydrogens is 262 g/mol. The molecule has 1 aromatic carbocycles. The lowest BCUT2D eigenvalue weighted by Gasteiger charge is -1.95. The van der Waals surface area contributed by atoms with E-state index in [2.05, 4.69) is 0 Å². The van der Waals surface area contributed by atoms with Gasteiger partial charge in [0.1, 0.15) is 5.02 Å². The van der Waals surface area contributed by atoms with E-state index < -0.39 is 26.3 Å².